The highest BCUT2D eigenvalue weighted by molar-refractivity contribution is 6.01. The third-order valence-electron chi connectivity index (χ3n) is 3.98. The molecule has 5 nitrogen and oxygen atoms in total. The molecule has 18 heavy (non-hydrogen) atoms. The van der Waals surface area contributed by atoms with Gasteiger partial charge in [0, 0.05) is 6.54 Å². The van der Waals surface area contributed by atoms with Gasteiger partial charge in [0.1, 0.15) is 0 Å². The molecule has 1 aliphatic rings. The van der Waals surface area contributed by atoms with Crippen LogP contribution in [0.2, 0.25) is 0 Å². The van der Waals surface area contributed by atoms with Gasteiger partial charge in [-0.15, -0.1) is 0 Å². The summed E-state index contributed by atoms with van der Waals surface area (Å²) >= 11 is 0. The summed E-state index contributed by atoms with van der Waals surface area (Å²) < 4.78 is 0. The van der Waals surface area contributed by atoms with Crippen LogP contribution >= 0.6 is 0 Å². The molecule has 0 aromatic rings. The third kappa shape index (κ3) is 3.70. The van der Waals surface area contributed by atoms with E-state index in [1.165, 1.54) is 32.7 Å². The Morgan fingerprint density at radius 2 is 1.89 bits per heavy atom. The van der Waals surface area contributed by atoms with Gasteiger partial charge in [0.25, 0.3) is 0 Å². The average molecular weight is 256 g/mol. The first-order valence-electron chi connectivity index (χ1n) is 6.56. The second-order valence-corrected chi connectivity index (χ2v) is 5.75. The van der Waals surface area contributed by atoms with Crippen LogP contribution in [0.3, 0.4) is 0 Å². The Balaban J connectivity index is 2.48. The molecule has 1 unspecified atom stereocenters. The van der Waals surface area contributed by atoms with E-state index in [2.05, 4.69) is 24.5 Å². The topological polar surface area (TPSA) is 78.4 Å². The van der Waals surface area contributed by atoms with E-state index in [-0.39, 0.29) is 5.41 Å². The molecule has 0 aromatic carbocycles. The predicted octanol–water partition coefficient (Wildman–Crippen LogP) is 0.992. The minimum Gasteiger partial charge on any atom is -0.480 e. The smallest absolute Gasteiger partial charge is 0.330 e. The average Bonchev–Trinajstić information content (AvgIpc) is 2.81. The molecule has 3 N–H and O–H groups in total. The van der Waals surface area contributed by atoms with Crippen molar-refractivity contribution in [2.45, 2.75) is 45.6 Å². The molecule has 1 saturated carbocycles. The molecule has 1 fully saturated rings. The second-order valence-electron chi connectivity index (χ2n) is 5.75. The molecular weight excluding hydrogens is 232 g/mol. The number of carbonyl (C=O) groups excluding carboxylic acids is 1. The standard InChI is InChI=1S/C13H24N2O3/c1-13(2,9-6-4-5-7-9)8-15-11(16)10(14-3)12(17)18/h9-10,14H,4-8H2,1-3H3,(H,15,16)(H,17,18). The lowest BCUT2D eigenvalue weighted by Gasteiger charge is -2.32. The predicted molar refractivity (Wildman–Crippen MR) is 69.2 cm³/mol. The van der Waals surface area contributed by atoms with Crippen LogP contribution in [-0.4, -0.2) is 36.6 Å². The van der Waals surface area contributed by atoms with Crippen molar-refractivity contribution in [3.8, 4) is 0 Å². The zero-order valence-electron chi connectivity index (χ0n) is 11.5. The first kappa shape index (κ1) is 15.0. The van der Waals surface area contributed by atoms with E-state index in [0.29, 0.717) is 12.5 Å². The first-order valence-corrected chi connectivity index (χ1v) is 6.56. The zero-order chi connectivity index (χ0) is 13.8. The Bertz CT molecular complexity index is 309. The van der Waals surface area contributed by atoms with Crippen molar-refractivity contribution in [2.24, 2.45) is 11.3 Å². The molecule has 0 aliphatic heterocycles. The number of aliphatic carboxylic acids is 1. The summed E-state index contributed by atoms with van der Waals surface area (Å²) in [5.74, 6) is -0.986. The largest absolute Gasteiger partial charge is 0.480 e. The minimum atomic E-state index is -1.16. The maximum atomic E-state index is 11.7. The fourth-order valence-corrected chi connectivity index (χ4v) is 2.64. The molecule has 0 bridgehead atoms. The highest BCUT2D eigenvalue weighted by Gasteiger charge is 2.33. The van der Waals surface area contributed by atoms with Crippen LogP contribution in [0.1, 0.15) is 39.5 Å². The summed E-state index contributed by atoms with van der Waals surface area (Å²) in [6, 6.07) is -1.16. The van der Waals surface area contributed by atoms with Gasteiger partial charge in [-0.05, 0) is 31.2 Å². The highest BCUT2D eigenvalue weighted by Crippen LogP contribution is 2.38. The molecule has 104 valence electrons. The Labute approximate surface area is 108 Å². The second kappa shape index (κ2) is 6.18. The zero-order valence-corrected chi connectivity index (χ0v) is 11.5. The SMILES string of the molecule is CNC(C(=O)O)C(=O)NCC(C)(C)C1CCCC1. The number of amides is 1. The summed E-state index contributed by atoms with van der Waals surface area (Å²) in [4.78, 5) is 22.6. The van der Waals surface area contributed by atoms with E-state index in [1.807, 2.05) is 0 Å². The molecule has 0 radical (unpaired) electrons. The van der Waals surface area contributed by atoms with Gasteiger partial charge in [-0.1, -0.05) is 26.7 Å². The van der Waals surface area contributed by atoms with Crippen LogP contribution in [0, 0.1) is 11.3 Å². The minimum absolute atomic E-state index is 0.0307. The summed E-state index contributed by atoms with van der Waals surface area (Å²) in [7, 11) is 1.47. The van der Waals surface area contributed by atoms with Crippen LogP contribution in [-0.2, 0) is 9.59 Å². The fraction of sp³-hybridized carbons (Fsp3) is 0.846. The van der Waals surface area contributed by atoms with Crippen molar-refractivity contribution in [3.63, 3.8) is 0 Å². The number of likely N-dealkylation sites (N-methyl/N-ethyl adjacent to an activating group) is 1. The summed E-state index contributed by atoms with van der Waals surface area (Å²) in [5.41, 5.74) is 0.0307. The molecular formula is C13H24N2O3. The van der Waals surface area contributed by atoms with Gasteiger partial charge in [-0.3, -0.25) is 10.1 Å². The molecule has 1 aliphatic carbocycles. The molecule has 0 aromatic heterocycles. The molecule has 1 rings (SSSR count). The van der Waals surface area contributed by atoms with Crippen LogP contribution in [0.4, 0.5) is 0 Å². The number of carboxylic acids is 1. The fourth-order valence-electron chi connectivity index (χ4n) is 2.64. The van der Waals surface area contributed by atoms with E-state index in [4.69, 9.17) is 5.11 Å². The van der Waals surface area contributed by atoms with Crippen molar-refractivity contribution in [1.29, 1.82) is 0 Å². The molecule has 5 heteroatoms. The number of rotatable bonds is 6. The Morgan fingerprint density at radius 3 is 2.33 bits per heavy atom. The lowest BCUT2D eigenvalue weighted by atomic mass is 9.77. The first-order chi connectivity index (χ1) is 8.38. The van der Waals surface area contributed by atoms with Crippen molar-refractivity contribution in [2.75, 3.05) is 13.6 Å². The Kier molecular flexibility index (Phi) is 5.14. The quantitative estimate of drug-likeness (QED) is 0.619. The van der Waals surface area contributed by atoms with E-state index in [0.717, 1.165) is 0 Å². The third-order valence-corrected chi connectivity index (χ3v) is 3.98. The van der Waals surface area contributed by atoms with Gasteiger partial charge in [0.05, 0.1) is 0 Å². The Morgan fingerprint density at radius 1 is 1.33 bits per heavy atom. The van der Waals surface area contributed by atoms with E-state index in [9.17, 15) is 9.59 Å². The van der Waals surface area contributed by atoms with Gasteiger partial charge in [0.15, 0.2) is 6.04 Å². The van der Waals surface area contributed by atoms with Crippen molar-refractivity contribution in [1.82, 2.24) is 10.6 Å². The van der Waals surface area contributed by atoms with Gasteiger partial charge < -0.3 is 10.4 Å². The number of carbonyl (C=O) groups is 2. The summed E-state index contributed by atoms with van der Waals surface area (Å²) in [6.07, 6.45) is 4.93. The van der Waals surface area contributed by atoms with Gasteiger partial charge in [0.2, 0.25) is 5.91 Å². The molecule has 0 saturated heterocycles. The lowest BCUT2D eigenvalue weighted by Crippen LogP contribution is -2.50. The maximum absolute atomic E-state index is 11.7. The van der Waals surface area contributed by atoms with E-state index >= 15 is 0 Å². The number of carboxylic acid groups (broad SMARTS) is 1. The lowest BCUT2D eigenvalue weighted by molar-refractivity contribution is -0.144. The maximum Gasteiger partial charge on any atom is 0.330 e. The van der Waals surface area contributed by atoms with Crippen molar-refractivity contribution in [3.05, 3.63) is 0 Å². The van der Waals surface area contributed by atoms with Crippen LogP contribution in [0.5, 0.6) is 0 Å². The number of hydrogen-bond acceptors (Lipinski definition) is 3. The van der Waals surface area contributed by atoms with Crippen molar-refractivity contribution >= 4 is 11.9 Å². The monoisotopic (exact) mass is 256 g/mol. The summed E-state index contributed by atoms with van der Waals surface area (Å²) in [6.45, 7) is 4.80. The molecule has 1 amide bonds. The van der Waals surface area contributed by atoms with E-state index < -0.39 is 17.9 Å². The highest BCUT2D eigenvalue weighted by atomic mass is 16.4. The normalized spacial score (nSPS) is 18.6. The molecule has 0 spiro atoms. The van der Waals surface area contributed by atoms with Crippen LogP contribution in [0.15, 0.2) is 0 Å². The number of nitrogens with one attached hydrogen (secondary N) is 2. The molecule has 0 heterocycles. The summed E-state index contributed by atoms with van der Waals surface area (Å²) in [5, 5.41) is 14.1. The van der Waals surface area contributed by atoms with Gasteiger partial charge in [-0.25, -0.2) is 4.79 Å². The molecule has 1 atom stereocenters. The van der Waals surface area contributed by atoms with Gasteiger partial charge in [-0.2, -0.15) is 0 Å². The Hall–Kier alpha value is -1.10. The van der Waals surface area contributed by atoms with E-state index in [1.54, 1.807) is 0 Å². The van der Waals surface area contributed by atoms with Crippen molar-refractivity contribution < 1.29 is 14.7 Å². The number of hydrogen-bond donors (Lipinski definition) is 3. The van der Waals surface area contributed by atoms with Gasteiger partial charge >= 0.3 is 5.97 Å². The van der Waals surface area contributed by atoms with Crippen LogP contribution < -0.4 is 10.6 Å². The van der Waals surface area contributed by atoms with Crippen LogP contribution in [0.25, 0.3) is 0 Å².